The summed E-state index contributed by atoms with van der Waals surface area (Å²) in [5.41, 5.74) is 6.04. The summed E-state index contributed by atoms with van der Waals surface area (Å²) < 4.78 is 25.2. The zero-order valence-electron chi connectivity index (χ0n) is 17.0. The molecule has 0 N–H and O–H groups in total. The van der Waals surface area contributed by atoms with Crippen molar-refractivity contribution in [2.24, 2.45) is 0 Å². The van der Waals surface area contributed by atoms with Gasteiger partial charge in [0.05, 0.1) is 16.9 Å². The zero-order valence-corrected chi connectivity index (χ0v) is 16.4. The second-order valence-electron chi connectivity index (χ2n) is 5.99. The maximum atomic E-state index is 7.70. The van der Waals surface area contributed by atoms with Gasteiger partial charge in [-0.1, -0.05) is 24.3 Å². The summed E-state index contributed by atoms with van der Waals surface area (Å²) in [6, 6.07) is 22.3. The minimum Gasteiger partial charge on any atom is -0.333 e. The van der Waals surface area contributed by atoms with Gasteiger partial charge >= 0.3 is 0 Å². The number of aryl methyl sites for hydroxylation is 3. The maximum absolute atomic E-state index is 7.70. The average molecular weight is 507 g/mol. The first-order valence-corrected chi connectivity index (χ1v) is 7.93. The van der Waals surface area contributed by atoms with E-state index in [9.17, 15) is 0 Å². The van der Waals surface area contributed by atoms with Crippen LogP contribution in [0.3, 0.4) is 0 Å². The number of nitrogens with zero attached hydrogens (tertiary/aromatic N) is 2. The van der Waals surface area contributed by atoms with Crippen LogP contribution in [0.2, 0.25) is 0 Å². The summed E-state index contributed by atoms with van der Waals surface area (Å²) in [5.74, 6) is 0.755. The van der Waals surface area contributed by atoms with Crippen LogP contribution in [0.5, 0.6) is 0 Å². The molecule has 3 heteroatoms. The number of aromatic nitrogens is 2. The van der Waals surface area contributed by atoms with Gasteiger partial charge < -0.3 is 4.57 Å². The molecule has 0 spiro atoms. The number of rotatable bonds is 2. The summed E-state index contributed by atoms with van der Waals surface area (Å²) in [4.78, 5) is 4.80. The van der Waals surface area contributed by atoms with E-state index in [4.69, 9.17) is 9.10 Å². The van der Waals surface area contributed by atoms with Crippen molar-refractivity contribution < 1.29 is 24.2 Å². The van der Waals surface area contributed by atoms with E-state index in [0.29, 0.717) is 11.1 Å². The van der Waals surface area contributed by atoms with Crippen LogP contribution in [0.15, 0.2) is 60.7 Å². The molecule has 0 amide bonds. The second kappa shape index (κ2) is 6.95. The SMILES string of the molecule is [2H]C([2H])([2H])c1ccc2c(c1)nc(-c1[c-]cccc1)n2-c1c(C)cccc1C.[Ir]. The fourth-order valence-corrected chi connectivity index (χ4v) is 3.18. The molecule has 1 aromatic heterocycles. The zero-order chi connectivity index (χ0) is 19.2. The van der Waals surface area contributed by atoms with Gasteiger partial charge in [0.2, 0.25) is 0 Å². The van der Waals surface area contributed by atoms with Gasteiger partial charge in [-0.3, -0.25) is 4.98 Å². The first kappa shape index (κ1) is 14.0. The summed E-state index contributed by atoms with van der Waals surface area (Å²) in [6.45, 7) is 1.99. The van der Waals surface area contributed by atoms with Crippen molar-refractivity contribution in [2.75, 3.05) is 0 Å². The molecule has 0 unspecified atom stereocenters. The molecule has 3 aromatic carbocycles. The minimum absolute atomic E-state index is 0. The Labute approximate surface area is 166 Å². The van der Waals surface area contributed by atoms with Crippen molar-refractivity contribution in [3.63, 3.8) is 0 Å². The Morgan fingerprint density at radius 1 is 1.00 bits per heavy atom. The maximum Gasteiger partial charge on any atom is 0.0777 e. The van der Waals surface area contributed by atoms with E-state index in [0.717, 1.165) is 33.7 Å². The second-order valence-corrected chi connectivity index (χ2v) is 5.99. The number of fused-ring (bicyclic) bond motifs is 1. The van der Waals surface area contributed by atoms with Gasteiger partial charge in [-0.15, -0.1) is 35.9 Å². The quantitative estimate of drug-likeness (QED) is 0.332. The Balaban J connectivity index is 0.00000225. The minimum atomic E-state index is -2.16. The van der Waals surface area contributed by atoms with Crippen LogP contribution in [-0.4, -0.2) is 9.55 Å². The summed E-state index contributed by atoms with van der Waals surface area (Å²) >= 11 is 0. The molecule has 127 valence electrons. The normalized spacial score (nSPS) is 13.0. The Morgan fingerprint density at radius 3 is 2.48 bits per heavy atom. The molecular formula is C22H19IrN2-. The molecule has 0 saturated heterocycles. The van der Waals surface area contributed by atoms with Gasteiger partial charge in [0.25, 0.3) is 0 Å². The smallest absolute Gasteiger partial charge is 0.0777 e. The van der Waals surface area contributed by atoms with Gasteiger partial charge in [-0.25, -0.2) is 0 Å². The van der Waals surface area contributed by atoms with E-state index in [1.807, 2.05) is 36.4 Å². The van der Waals surface area contributed by atoms with Crippen LogP contribution in [-0.2, 0) is 20.1 Å². The van der Waals surface area contributed by atoms with Crippen molar-refractivity contribution in [2.45, 2.75) is 20.7 Å². The van der Waals surface area contributed by atoms with Crippen LogP contribution in [0.1, 0.15) is 20.8 Å². The van der Waals surface area contributed by atoms with Crippen LogP contribution < -0.4 is 0 Å². The molecule has 25 heavy (non-hydrogen) atoms. The average Bonchev–Trinajstić information content (AvgIpc) is 3.00. The third-order valence-corrected chi connectivity index (χ3v) is 4.27. The van der Waals surface area contributed by atoms with Crippen LogP contribution >= 0.6 is 0 Å². The molecule has 0 aliphatic heterocycles. The van der Waals surface area contributed by atoms with E-state index in [2.05, 4.69) is 36.6 Å². The van der Waals surface area contributed by atoms with Crippen molar-refractivity contribution in [3.8, 4) is 17.1 Å². The number of hydrogen-bond donors (Lipinski definition) is 0. The largest absolute Gasteiger partial charge is 0.333 e. The van der Waals surface area contributed by atoms with Crippen molar-refractivity contribution in [3.05, 3.63) is 83.4 Å². The number of benzene rings is 3. The van der Waals surface area contributed by atoms with E-state index < -0.39 is 6.85 Å². The number of hydrogen-bond acceptors (Lipinski definition) is 1. The van der Waals surface area contributed by atoms with Gasteiger partial charge in [0, 0.05) is 29.9 Å². The topological polar surface area (TPSA) is 17.8 Å². The number of para-hydroxylation sites is 1. The Kier molecular flexibility index (Phi) is 3.89. The summed E-state index contributed by atoms with van der Waals surface area (Å²) in [6.07, 6.45) is 0. The van der Waals surface area contributed by atoms with Crippen molar-refractivity contribution in [1.82, 2.24) is 9.55 Å². The van der Waals surface area contributed by atoms with Gasteiger partial charge in [-0.05, 0) is 49.5 Å². The van der Waals surface area contributed by atoms with E-state index in [1.165, 1.54) is 0 Å². The molecule has 1 radical (unpaired) electrons. The van der Waals surface area contributed by atoms with E-state index in [1.54, 1.807) is 12.1 Å². The summed E-state index contributed by atoms with van der Waals surface area (Å²) in [7, 11) is 0. The van der Waals surface area contributed by atoms with Gasteiger partial charge in [-0.2, -0.15) is 0 Å². The van der Waals surface area contributed by atoms with Gasteiger partial charge in [0.1, 0.15) is 0 Å². The molecule has 4 rings (SSSR count). The van der Waals surface area contributed by atoms with Crippen LogP contribution in [0.4, 0.5) is 0 Å². The van der Waals surface area contributed by atoms with Crippen LogP contribution in [0.25, 0.3) is 28.1 Å². The fraction of sp³-hybridized carbons (Fsp3) is 0.136. The fourth-order valence-electron chi connectivity index (χ4n) is 3.18. The first-order chi connectivity index (χ1) is 12.9. The van der Waals surface area contributed by atoms with E-state index >= 15 is 0 Å². The predicted octanol–water partition coefficient (Wildman–Crippen LogP) is 5.42. The number of imidazole rings is 1. The molecular weight excluding hydrogens is 484 g/mol. The van der Waals surface area contributed by atoms with Crippen molar-refractivity contribution in [1.29, 1.82) is 0 Å². The molecule has 2 nitrogen and oxygen atoms in total. The Morgan fingerprint density at radius 2 is 1.80 bits per heavy atom. The van der Waals surface area contributed by atoms with Crippen LogP contribution in [0, 0.1) is 26.8 Å². The van der Waals surface area contributed by atoms with Crippen molar-refractivity contribution >= 4 is 11.0 Å². The molecule has 0 aliphatic carbocycles. The molecule has 4 aromatic rings. The Hall–Kier alpha value is -2.22. The predicted molar refractivity (Wildman–Crippen MR) is 99.6 cm³/mol. The molecule has 0 bridgehead atoms. The first-order valence-electron chi connectivity index (χ1n) is 9.43. The van der Waals surface area contributed by atoms with Gasteiger partial charge in [0.15, 0.2) is 0 Å². The molecule has 0 fully saturated rings. The van der Waals surface area contributed by atoms with E-state index in [-0.39, 0.29) is 20.1 Å². The molecule has 1 heterocycles. The monoisotopic (exact) mass is 507 g/mol. The summed E-state index contributed by atoms with van der Waals surface area (Å²) in [5, 5.41) is 0. The molecule has 0 aliphatic rings. The third-order valence-electron chi connectivity index (χ3n) is 4.27. The molecule has 0 atom stereocenters. The Bertz CT molecular complexity index is 1110. The molecule has 0 saturated carbocycles. The third kappa shape index (κ3) is 3.06. The standard InChI is InChI=1S/C22H19N2.Ir/c1-15-12-13-20-19(14-15)23-22(18-10-5-4-6-11-18)24(20)21-16(2)8-7-9-17(21)3;/h4-10,12-14H,1-3H3;/q-1;/i1D3;.